The molecule has 1 unspecified atom stereocenters. The topological polar surface area (TPSA) is 122 Å². The zero-order valence-corrected chi connectivity index (χ0v) is 17.2. The first-order chi connectivity index (χ1) is 12.7. The van der Waals surface area contributed by atoms with E-state index in [1.54, 1.807) is 27.0 Å². The number of thioether (sulfide) groups is 2. The van der Waals surface area contributed by atoms with Crippen molar-refractivity contribution in [3.8, 4) is 0 Å². The number of carbonyl (C=O) groups excluding carboxylic acids is 2. The number of carbonyl (C=O) groups is 3. The fraction of sp³-hybridized carbons (Fsp3) is 0.533. The van der Waals surface area contributed by atoms with Crippen LogP contribution < -0.4 is 5.32 Å². The molecular formula is C15H18N4O5S3. The number of carboxylic acid groups (broad SMARTS) is 1. The second-order valence-electron chi connectivity index (χ2n) is 6.82. The zero-order valence-electron chi connectivity index (χ0n) is 14.8. The molecule has 2 amide bonds. The van der Waals surface area contributed by atoms with Crippen molar-refractivity contribution in [1.29, 1.82) is 0 Å². The Hall–Kier alpha value is -1.79. The van der Waals surface area contributed by atoms with Crippen LogP contribution in [0.3, 0.4) is 0 Å². The molecule has 2 atom stereocenters. The number of aliphatic carboxylic acids is 1. The number of nitrogens with zero attached hydrogens (tertiary/aromatic N) is 3. The van der Waals surface area contributed by atoms with Gasteiger partial charge in [-0.3, -0.25) is 9.69 Å². The number of hydrogen-bond donors (Lipinski definition) is 2. The summed E-state index contributed by atoms with van der Waals surface area (Å²) in [5, 5.41) is 15.5. The molecule has 0 saturated carbocycles. The number of alkyl carbamates (subject to hydrolysis) is 1. The maximum absolute atomic E-state index is 12.5. The summed E-state index contributed by atoms with van der Waals surface area (Å²) in [7, 11) is 0. The first kappa shape index (κ1) is 20.0. The number of amides is 2. The van der Waals surface area contributed by atoms with Crippen molar-refractivity contribution in [2.24, 2.45) is 0 Å². The molecule has 3 rings (SSSR count). The Morgan fingerprint density at radius 2 is 2.22 bits per heavy atom. The first-order valence-electron chi connectivity index (χ1n) is 7.97. The molecule has 9 nitrogen and oxygen atoms in total. The van der Waals surface area contributed by atoms with E-state index in [0.29, 0.717) is 17.1 Å². The Morgan fingerprint density at radius 1 is 1.48 bits per heavy atom. The van der Waals surface area contributed by atoms with E-state index in [1.807, 2.05) is 0 Å². The molecule has 146 valence electrons. The van der Waals surface area contributed by atoms with Gasteiger partial charge < -0.3 is 15.2 Å². The van der Waals surface area contributed by atoms with E-state index in [2.05, 4.69) is 14.9 Å². The maximum atomic E-state index is 12.5. The molecule has 3 heterocycles. The standard InChI is InChI=1S/C15H18N4O5S3/c1-15(2,3)24-14(23)17-9-11(20)19-10(13(21)22)7(6-26-12(9)19)5-25-8-4-16-18-27-8/h4,9,12H,5-6H2,1-3H3,(H,17,23)(H,21,22)/t9?,12-/m0/s1. The van der Waals surface area contributed by atoms with Crippen LogP contribution in [0.15, 0.2) is 21.7 Å². The van der Waals surface area contributed by atoms with Crippen LogP contribution in [0, 0.1) is 0 Å². The second-order valence-corrected chi connectivity index (χ2v) is 9.98. The predicted molar refractivity (Wildman–Crippen MR) is 102 cm³/mol. The minimum atomic E-state index is -1.15. The van der Waals surface area contributed by atoms with Crippen LogP contribution in [0.1, 0.15) is 20.8 Å². The SMILES string of the molecule is CC(C)(C)OC(=O)NC1C(=O)N2C(C(=O)O)=C(CSc3cnns3)CS[C@@H]12. The molecular weight excluding hydrogens is 412 g/mol. The number of carboxylic acids is 1. The van der Waals surface area contributed by atoms with Crippen molar-refractivity contribution in [3.63, 3.8) is 0 Å². The zero-order chi connectivity index (χ0) is 19.8. The van der Waals surface area contributed by atoms with Crippen molar-refractivity contribution >= 4 is 53.0 Å². The van der Waals surface area contributed by atoms with Gasteiger partial charge >= 0.3 is 12.1 Å². The van der Waals surface area contributed by atoms with E-state index < -0.39 is 35.0 Å². The van der Waals surface area contributed by atoms with Crippen LogP contribution in [-0.2, 0) is 14.3 Å². The third kappa shape index (κ3) is 4.38. The van der Waals surface area contributed by atoms with Crippen molar-refractivity contribution < 1.29 is 24.2 Å². The minimum absolute atomic E-state index is 0.00374. The highest BCUT2D eigenvalue weighted by molar-refractivity contribution is 8.01. The van der Waals surface area contributed by atoms with Gasteiger partial charge in [0.1, 0.15) is 26.9 Å². The smallest absolute Gasteiger partial charge is 0.408 e. The summed E-state index contributed by atoms with van der Waals surface area (Å²) in [5.74, 6) is -0.708. The van der Waals surface area contributed by atoms with Crippen LogP contribution in [0.2, 0.25) is 0 Å². The summed E-state index contributed by atoms with van der Waals surface area (Å²) < 4.78 is 9.82. The Kier molecular flexibility index (Phi) is 5.68. The summed E-state index contributed by atoms with van der Waals surface area (Å²) >= 11 is 4.09. The van der Waals surface area contributed by atoms with Gasteiger partial charge in [0.15, 0.2) is 0 Å². The Morgan fingerprint density at radius 3 is 2.81 bits per heavy atom. The lowest BCUT2D eigenvalue weighted by atomic mass is 10.0. The van der Waals surface area contributed by atoms with E-state index in [1.165, 1.54) is 40.0 Å². The van der Waals surface area contributed by atoms with Crippen molar-refractivity contribution in [3.05, 3.63) is 17.5 Å². The number of β-lactam (4-membered cyclic amide) rings is 1. The van der Waals surface area contributed by atoms with Crippen LogP contribution in [0.25, 0.3) is 0 Å². The van der Waals surface area contributed by atoms with E-state index in [9.17, 15) is 19.5 Å². The Bertz CT molecular complexity index is 790. The van der Waals surface area contributed by atoms with Gasteiger partial charge in [-0.1, -0.05) is 4.49 Å². The van der Waals surface area contributed by atoms with Gasteiger partial charge in [0.05, 0.1) is 6.20 Å². The van der Waals surface area contributed by atoms with Crippen LogP contribution in [-0.4, -0.2) is 66.1 Å². The number of fused-ring (bicyclic) bond motifs is 1. The highest BCUT2D eigenvalue weighted by atomic mass is 32.2. The quantitative estimate of drug-likeness (QED) is 0.531. The summed E-state index contributed by atoms with van der Waals surface area (Å²) in [6.07, 6.45) is 0.922. The Labute approximate surface area is 168 Å². The number of aromatic nitrogens is 2. The van der Waals surface area contributed by atoms with Crippen molar-refractivity contribution in [2.75, 3.05) is 11.5 Å². The van der Waals surface area contributed by atoms with Crippen LogP contribution >= 0.6 is 35.1 Å². The average Bonchev–Trinajstić information content (AvgIpc) is 3.08. The van der Waals surface area contributed by atoms with Gasteiger partial charge in [-0.05, 0) is 37.9 Å². The molecule has 2 aliphatic heterocycles. The fourth-order valence-corrected chi connectivity index (χ4v) is 5.52. The molecule has 1 aromatic rings. The number of nitrogens with one attached hydrogen (secondary N) is 1. The van der Waals surface area contributed by atoms with Gasteiger partial charge in [-0.15, -0.1) is 28.6 Å². The van der Waals surface area contributed by atoms with Gasteiger partial charge in [0, 0.05) is 11.5 Å². The molecule has 1 fully saturated rings. The molecule has 2 aliphatic rings. The van der Waals surface area contributed by atoms with E-state index >= 15 is 0 Å². The van der Waals surface area contributed by atoms with E-state index in [4.69, 9.17) is 4.74 Å². The number of ether oxygens (including phenoxy) is 1. The Balaban J connectivity index is 1.70. The van der Waals surface area contributed by atoms with E-state index in [-0.39, 0.29) is 5.70 Å². The predicted octanol–water partition coefficient (Wildman–Crippen LogP) is 1.78. The van der Waals surface area contributed by atoms with Gasteiger partial charge in [0.2, 0.25) is 0 Å². The molecule has 0 aromatic carbocycles. The summed E-state index contributed by atoms with van der Waals surface area (Å²) in [5.41, 5.74) is -0.0274. The highest BCUT2D eigenvalue weighted by Gasteiger charge is 2.54. The molecule has 0 bridgehead atoms. The second kappa shape index (κ2) is 7.68. The minimum Gasteiger partial charge on any atom is -0.477 e. The van der Waals surface area contributed by atoms with Crippen molar-refractivity contribution in [2.45, 2.75) is 42.0 Å². The number of rotatable bonds is 5. The fourth-order valence-electron chi connectivity index (χ4n) is 2.61. The number of hydrogen-bond acceptors (Lipinski definition) is 9. The lowest BCUT2D eigenvalue weighted by molar-refractivity contribution is -0.149. The molecule has 1 aromatic heterocycles. The molecule has 1 saturated heterocycles. The molecule has 0 spiro atoms. The van der Waals surface area contributed by atoms with Crippen molar-refractivity contribution in [1.82, 2.24) is 19.8 Å². The molecule has 27 heavy (non-hydrogen) atoms. The molecule has 12 heteroatoms. The van der Waals surface area contributed by atoms with Gasteiger partial charge in [0.25, 0.3) is 5.91 Å². The largest absolute Gasteiger partial charge is 0.477 e. The summed E-state index contributed by atoms with van der Waals surface area (Å²) in [6.45, 7) is 5.18. The normalized spacial score (nSPS) is 22.2. The third-order valence-electron chi connectivity index (χ3n) is 3.65. The highest BCUT2D eigenvalue weighted by Crippen LogP contribution is 2.41. The lowest BCUT2D eigenvalue weighted by Crippen LogP contribution is -2.70. The van der Waals surface area contributed by atoms with Gasteiger partial charge in [-0.25, -0.2) is 9.59 Å². The average molecular weight is 431 g/mol. The maximum Gasteiger partial charge on any atom is 0.408 e. The molecule has 2 N–H and O–H groups in total. The van der Waals surface area contributed by atoms with Crippen LogP contribution in [0.5, 0.6) is 0 Å². The summed E-state index contributed by atoms with van der Waals surface area (Å²) in [4.78, 5) is 37.5. The first-order valence-corrected chi connectivity index (χ1v) is 10.8. The molecule has 0 radical (unpaired) electrons. The van der Waals surface area contributed by atoms with Crippen LogP contribution in [0.4, 0.5) is 4.79 Å². The van der Waals surface area contributed by atoms with E-state index in [0.717, 1.165) is 4.21 Å². The monoisotopic (exact) mass is 430 g/mol. The molecule has 0 aliphatic carbocycles. The third-order valence-corrected chi connectivity index (χ3v) is 6.91. The summed E-state index contributed by atoms with van der Waals surface area (Å²) in [6, 6.07) is -0.793. The lowest BCUT2D eigenvalue weighted by Gasteiger charge is -2.49. The van der Waals surface area contributed by atoms with Gasteiger partial charge in [-0.2, -0.15) is 0 Å².